The molecule has 106 valence electrons. The van der Waals surface area contributed by atoms with Gasteiger partial charge < -0.3 is 15.3 Å². The van der Waals surface area contributed by atoms with E-state index in [-0.39, 0.29) is 0 Å². The van der Waals surface area contributed by atoms with Crippen molar-refractivity contribution in [1.82, 2.24) is 4.68 Å². The lowest BCUT2D eigenvalue weighted by molar-refractivity contribution is 0.0590. The van der Waals surface area contributed by atoms with Gasteiger partial charge in [0.15, 0.2) is 5.69 Å². The highest BCUT2D eigenvalue weighted by Gasteiger charge is 2.21. The van der Waals surface area contributed by atoms with E-state index in [2.05, 4.69) is 0 Å². The Bertz CT molecular complexity index is 665. The number of halogens is 1. The summed E-state index contributed by atoms with van der Waals surface area (Å²) in [6.07, 6.45) is 1.64. The molecule has 0 bridgehead atoms. The van der Waals surface area contributed by atoms with Crippen LogP contribution < -0.4 is 10.6 Å². The molecule has 0 radical (unpaired) electrons. The number of nitrogens with zero attached hydrogens (tertiary/aromatic N) is 1. The first-order valence-electron chi connectivity index (χ1n) is 5.89. The van der Waals surface area contributed by atoms with Crippen molar-refractivity contribution in [3.63, 3.8) is 0 Å². The molecule has 0 aliphatic carbocycles. The summed E-state index contributed by atoms with van der Waals surface area (Å²) in [7, 11) is 2.86. The molecule has 2 aromatic rings. The first-order valence-corrected chi connectivity index (χ1v) is 6.27. The number of methoxy groups -OCH3 is 2. The van der Waals surface area contributed by atoms with Gasteiger partial charge in [0.1, 0.15) is 5.75 Å². The second kappa shape index (κ2) is 5.46. The maximum absolute atomic E-state index is 11.7. The minimum atomic E-state index is -0.490. The standard InChI is InChI=1S/C14H15ClN2O3/c1-8-10(7-17(16)13(8)14(18)20-3)9-5-4-6-11(19-2)12(9)15/h4-7H,16H2,1-3H3. The highest BCUT2D eigenvalue weighted by atomic mass is 35.5. The number of carbonyl (C=O) groups is 1. The Morgan fingerprint density at radius 1 is 1.30 bits per heavy atom. The summed E-state index contributed by atoms with van der Waals surface area (Å²) in [5, 5.41) is 0.472. The van der Waals surface area contributed by atoms with Crippen molar-refractivity contribution in [2.45, 2.75) is 6.92 Å². The molecule has 0 saturated heterocycles. The van der Waals surface area contributed by atoms with Crippen molar-refractivity contribution in [2.24, 2.45) is 0 Å². The quantitative estimate of drug-likeness (QED) is 0.698. The minimum Gasteiger partial charge on any atom is -0.495 e. The van der Waals surface area contributed by atoms with E-state index in [4.69, 9.17) is 26.9 Å². The van der Waals surface area contributed by atoms with Crippen LogP contribution in [0.4, 0.5) is 0 Å². The summed E-state index contributed by atoms with van der Waals surface area (Å²) in [5.41, 5.74) is 2.51. The number of nitrogen functional groups attached to an aromatic ring is 1. The van der Waals surface area contributed by atoms with Gasteiger partial charge in [-0.2, -0.15) is 0 Å². The molecule has 0 spiro atoms. The zero-order chi connectivity index (χ0) is 14.9. The van der Waals surface area contributed by atoms with Gasteiger partial charge >= 0.3 is 5.97 Å². The summed E-state index contributed by atoms with van der Waals surface area (Å²) >= 11 is 6.30. The van der Waals surface area contributed by atoms with Crippen LogP contribution in [0.5, 0.6) is 5.75 Å². The molecule has 20 heavy (non-hydrogen) atoms. The third-order valence-electron chi connectivity index (χ3n) is 3.14. The average molecular weight is 295 g/mol. The van der Waals surface area contributed by atoms with Crippen LogP contribution in [0.2, 0.25) is 5.02 Å². The fourth-order valence-electron chi connectivity index (χ4n) is 2.12. The van der Waals surface area contributed by atoms with E-state index in [1.165, 1.54) is 11.8 Å². The van der Waals surface area contributed by atoms with E-state index in [1.807, 2.05) is 12.1 Å². The Hall–Kier alpha value is -2.14. The van der Waals surface area contributed by atoms with E-state index >= 15 is 0 Å². The Morgan fingerprint density at radius 3 is 2.60 bits per heavy atom. The number of hydrogen-bond donors (Lipinski definition) is 1. The number of benzene rings is 1. The number of carbonyl (C=O) groups excluding carboxylic acids is 1. The highest BCUT2D eigenvalue weighted by molar-refractivity contribution is 6.34. The average Bonchev–Trinajstić information content (AvgIpc) is 2.73. The maximum Gasteiger partial charge on any atom is 0.356 e. The van der Waals surface area contributed by atoms with Crippen molar-refractivity contribution >= 4 is 17.6 Å². The molecule has 0 amide bonds. The molecule has 0 fully saturated rings. The highest BCUT2D eigenvalue weighted by Crippen LogP contribution is 2.37. The van der Waals surface area contributed by atoms with E-state index < -0.39 is 5.97 Å². The van der Waals surface area contributed by atoms with Crippen molar-refractivity contribution < 1.29 is 14.3 Å². The first kappa shape index (κ1) is 14.3. The predicted molar refractivity (Wildman–Crippen MR) is 77.7 cm³/mol. The van der Waals surface area contributed by atoms with Gasteiger partial charge in [0, 0.05) is 17.3 Å². The second-order valence-corrected chi connectivity index (χ2v) is 4.62. The maximum atomic E-state index is 11.7. The Labute approximate surface area is 121 Å². The van der Waals surface area contributed by atoms with Gasteiger partial charge in [-0.1, -0.05) is 23.7 Å². The monoisotopic (exact) mass is 294 g/mol. The molecule has 1 aromatic heterocycles. The van der Waals surface area contributed by atoms with E-state index in [1.54, 1.807) is 26.3 Å². The largest absolute Gasteiger partial charge is 0.495 e. The van der Waals surface area contributed by atoms with Crippen LogP contribution in [-0.2, 0) is 4.74 Å². The topological polar surface area (TPSA) is 66.5 Å². The molecule has 5 nitrogen and oxygen atoms in total. The van der Waals surface area contributed by atoms with Crippen molar-refractivity contribution in [3.05, 3.63) is 40.7 Å². The van der Waals surface area contributed by atoms with Gasteiger partial charge in [0.2, 0.25) is 0 Å². The van der Waals surface area contributed by atoms with Crippen LogP contribution in [0.1, 0.15) is 16.1 Å². The molecule has 2 N–H and O–H groups in total. The lowest BCUT2D eigenvalue weighted by atomic mass is 10.0. The molecule has 1 heterocycles. The summed E-state index contributed by atoms with van der Waals surface area (Å²) in [4.78, 5) is 11.7. The third kappa shape index (κ3) is 2.20. The second-order valence-electron chi connectivity index (χ2n) is 4.24. The number of aromatic nitrogens is 1. The molecular weight excluding hydrogens is 280 g/mol. The molecule has 2 rings (SSSR count). The number of nitrogens with two attached hydrogens (primary N) is 1. The van der Waals surface area contributed by atoms with Gasteiger partial charge in [-0.15, -0.1) is 0 Å². The zero-order valence-electron chi connectivity index (χ0n) is 11.4. The molecule has 0 aliphatic rings. The van der Waals surface area contributed by atoms with Crippen LogP contribution in [0, 0.1) is 6.92 Å². The summed E-state index contributed by atoms with van der Waals surface area (Å²) in [6.45, 7) is 1.79. The molecule has 1 aromatic carbocycles. The van der Waals surface area contributed by atoms with Crippen molar-refractivity contribution in [2.75, 3.05) is 20.1 Å². The normalized spacial score (nSPS) is 10.4. The third-order valence-corrected chi connectivity index (χ3v) is 3.53. The Balaban J connectivity index is 2.63. The van der Waals surface area contributed by atoms with E-state index in [9.17, 15) is 4.79 Å². The SMILES string of the molecule is COC(=O)c1c(C)c(-c2cccc(OC)c2Cl)cn1N. The Kier molecular flexibility index (Phi) is 3.90. The predicted octanol–water partition coefficient (Wildman–Crippen LogP) is 2.63. The van der Waals surface area contributed by atoms with Crippen LogP contribution in [0.25, 0.3) is 11.1 Å². The minimum absolute atomic E-state index is 0.293. The molecule has 0 saturated carbocycles. The van der Waals surface area contributed by atoms with Crippen LogP contribution in [0.3, 0.4) is 0 Å². The zero-order valence-corrected chi connectivity index (χ0v) is 12.2. The van der Waals surface area contributed by atoms with Crippen molar-refractivity contribution in [1.29, 1.82) is 0 Å². The fourth-order valence-corrected chi connectivity index (χ4v) is 2.43. The molecule has 0 atom stereocenters. The van der Waals surface area contributed by atoms with Crippen LogP contribution in [-0.4, -0.2) is 24.9 Å². The number of ether oxygens (including phenoxy) is 2. The summed E-state index contributed by atoms with van der Waals surface area (Å²) < 4.78 is 11.2. The van der Waals surface area contributed by atoms with Gasteiger partial charge in [0.05, 0.1) is 19.2 Å². The Morgan fingerprint density at radius 2 is 2.00 bits per heavy atom. The molecule has 0 unspecified atom stereocenters. The first-order chi connectivity index (χ1) is 9.51. The van der Waals surface area contributed by atoms with Crippen LogP contribution >= 0.6 is 11.6 Å². The number of esters is 1. The van der Waals surface area contributed by atoms with E-state index in [0.717, 1.165) is 11.1 Å². The van der Waals surface area contributed by atoms with Gasteiger partial charge in [0.25, 0.3) is 0 Å². The lowest BCUT2D eigenvalue weighted by Crippen LogP contribution is -2.17. The summed E-state index contributed by atoms with van der Waals surface area (Å²) in [6, 6.07) is 5.43. The molecular formula is C14H15ClN2O3. The summed E-state index contributed by atoms with van der Waals surface area (Å²) in [5.74, 6) is 5.89. The van der Waals surface area contributed by atoms with E-state index in [0.29, 0.717) is 22.0 Å². The van der Waals surface area contributed by atoms with Gasteiger partial charge in [-0.05, 0) is 18.6 Å². The van der Waals surface area contributed by atoms with Gasteiger partial charge in [-0.25, -0.2) is 4.79 Å². The van der Waals surface area contributed by atoms with Gasteiger partial charge in [-0.3, -0.25) is 4.68 Å². The van der Waals surface area contributed by atoms with Crippen molar-refractivity contribution in [3.8, 4) is 16.9 Å². The smallest absolute Gasteiger partial charge is 0.356 e. The molecule has 6 heteroatoms. The molecule has 0 aliphatic heterocycles. The fraction of sp³-hybridized carbons (Fsp3) is 0.214. The number of rotatable bonds is 3. The van der Waals surface area contributed by atoms with Crippen LogP contribution in [0.15, 0.2) is 24.4 Å². The number of hydrogen-bond acceptors (Lipinski definition) is 4. The lowest BCUT2D eigenvalue weighted by Gasteiger charge is -2.08.